The zero-order chi connectivity index (χ0) is 19.4. The van der Waals surface area contributed by atoms with Crippen molar-refractivity contribution in [1.82, 2.24) is 14.7 Å². The maximum absolute atomic E-state index is 13.4. The number of rotatable bonds is 6. The number of hydrogen-bond acceptors (Lipinski definition) is 2. The summed E-state index contributed by atoms with van der Waals surface area (Å²) >= 11 is 0. The summed E-state index contributed by atoms with van der Waals surface area (Å²) < 4.78 is 2.00. The summed E-state index contributed by atoms with van der Waals surface area (Å²) in [5, 5.41) is 3.11. The molecule has 4 aromatic rings. The Bertz CT molecular complexity index is 1070. The third-order valence-corrected chi connectivity index (χ3v) is 5.23. The van der Waals surface area contributed by atoms with E-state index in [0.29, 0.717) is 13.0 Å². The van der Waals surface area contributed by atoms with Crippen LogP contribution >= 0.6 is 0 Å². The lowest BCUT2D eigenvalue weighted by Crippen LogP contribution is -2.43. The predicted molar refractivity (Wildman–Crippen MR) is 111 cm³/mol. The third-order valence-electron chi connectivity index (χ3n) is 5.23. The minimum absolute atomic E-state index is 0.00441. The molecule has 0 bridgehead atoms. The van der Waals surface area contributed by atoms with Crippen LogP contribution in [0.2, 0.25) is 0 Å². The van der Waals surface area contributed by atoms with Crippen LogP contribution in [-0.2, 0) is 23.2 Å². The van der Waals surface area contributed by atoms with Crippen molar-refractivity contribution in [1.29, 1.82) is 0 Å². The molecule has 0 aliphatic carbocycles. The van der Waals surface area contributed by atoms with Crippen LogP contribution < -0.4 is 5.32 Å². The monoisotopic (exact) mass is 369 g/mol. The normalized spacial score (nSPS) is 13.2. The Hall–Kier alpha value is -3.40. The van der Waals surface area contributed by atoms with E-state index >= 15 is 0 Å². The lowest BCUT2D eigenvalue weighted by molar-refractivity contribution is -0.126. The second-order valence-electron chi connectivity index (χ2n) is 7.21. The van der Waals surface area contributed by atoms with E-state index in [2.05, 4.69) is 22.4 Å². The van der Waals surface area contributed by atoms with E-state index in [0.717, 1.165) is 22.5 Å². The minimum atomic E-state index is -0.671. The number of nitrogens with zero attached hydrogens (tertiary/aromatic N) is 2. The lowest BCUT2D eigenvalue weighted by atomic mass is 9.76. The maximum atomic E-state index is 13.4. The molecule has 1 amide bonds. The number of carbonyl (C=O) groups is 1. The van der Waals surface area contributed by atoms with Gasteiger partial charge in [0.05, 0.1) is 23.7 Å². The molecule has 2 aromatic heterocycles. The number of aromatic nitrogens is 2. The number of fused-ring (bicyclic) bond motifs is 1. The van der Waals surface area contributed by atoms with Crippen LogP contribution in [0.25, 0.3) is 5.52 Å². The van der Waals surface area contributed by atoms with Crippen LogP contribution in [0.4, 0.5) is 0 Å². The second kappa shape index (κ2) is 7.69. The van der Waals surface area contributed by atoms with E-state index < -0.39 is 5.41 Å². The third kappa shape index (κ3) is 3.54. The first kappa shape index (κ1) is 18.0. The van der Waals surface area contributed by atoms with Gasteiger partial charge in [-0.25, -0.2) is 4.98 Å². The Morgan fingerprint density at radius 1 is 0.964 bits per heavy atom. The summed E-state index contributed by atoms with van der Waals surface area (Å²) in [5.74, 6) is 0.814. The van der Waals surface area contributed by atoms with Gasteiger partial charge in [0.2, 0.25) is 5.91 Å². The maximum Gasteiger partial charge on any atom is 0.231 e. The average Bonchev–Trinajstić information content (AvgIpc) is 3.16. The van der Waals surface area contributed by atoms with Gasteiger partial charge in [0.25, 0.3) is 0 Å². The van der Waals surface area contributed by atoms with Gasteiger partial charge < -0.3 is 9.72 Å². The van der Waals surface area contributed by atoms with Gasteiger partial charge in [-0.05, 0) is 36.6 Å². The molecule has 4 nitrogen and oxygen atoms in total. The van der Waals surface area contributed by atoms with Crippen molar-refractivity contribution < 1.29 is 4.79 Å². The molecule has 0 saturated carbocycles. The van der Waals surface area contributed by atoms with Gasteiger partial charge in [0.15, 0.2) is 0 Å². The number of benzene rings is 2. The van der Waals surface area contributed by atoms with E-state index in [-0.39, 0.29) is 5.91 Å². The van der Waals surface area contributed by atoms with E-state index in [9.17, 15) is 4.79 Å². The van der Waals surface area contributed by atoms with Crippen molar-refractivity contribution in [3.05, 3.63) is 108 Å². The fourth-order valence-corrected chi connectivity index (χ4v) is 3.61. The van der Waals surface area contributed by atoms with Crippen molar-refractivity contribution in [3.63, 3.8) is 0 Å². The minimum Gasteiger partial charge on any atom is -0.348 e. The molecule has 2 aromatic carbocycles. The fraction of sp³-hybridized carbons (Fsp3) is 0.167. The Balaban J connectivity index is 1.60. The topological polar surface area (TPSA) is 46.4 Å². The van der Waals surface area contributed by atoms with Gasteiger partial charge in [-0.1, -0.05) is 66.7 Å². The van der Waals surface area contributed by atoms with Gasteiger partial charge >= 0.3 is 0 Å². The molecule has 28 heavy (non-hydrogen) atoms. The molecule has 1 unspecified atom stereocenters. The molecule has 1 atom stereocenters. The Kier molecular flexibility index (Phi) is 4.94. The summed E-state index contributed by atoms with van der Waals surface area (Å²) in [6, 6.07) is 26.1. The van der Waals surface area contributed by atoms with Crippen molar-refractivity contribution in [2.75, 3.05) is 0 Å². The van der Waals surface area contributed by atoms with E-state index in [4.69, 9.17) is 0 Å². The smallest absolute Gasteiger partial charge is 0.231 e. The Morgan fingerprint density at radius 3 is 2.39 bits per heavy atom. The van der Waals surface area contributed by atoms with E-state index in [1.807, 2.05) is 90.4 Å². The highest BCUT2D eigenvalue weighted by Crippen LogP contribution is 2.29. The van der Waals surface area contributed by atoms with Gasteiger partial charge in [0.1, 0.15) is 5.82 Å². The van der Waals surface area contributed by atoms with Gasteiger partial charge in [-0.2, -0.15) is 0 Å². The van der Waals surface area contributed by atoms with Crippen LogP contribution in [0, 0.1) is 0 Å². The zero-order valence-corrected chi connectivity index (χ0v) is 15.9. The molecule has 4 rings (SSSR count). The summed E-state index contributed by atoms with van der Waals surface area (Å²) in [5.41, 5.74) is 2.48. The Labute approximate surface area is 164 Å². The predicted octanol–water partition coefficient (Wildman–Crippen LogP) is 4.15. The molecule has 4 heteroatoms. The highest BCUT2D eigenvalue weighted by molar-refractivity contribution is 5.88. The van der Waals surface area contributed by atoms with Gasteiger partial charge in [-0.3, -0.25) is 4.79 Å². The van der Waals surface area contributed by atoms with Gasteiger partial charge in [-0.15, -0.1) is 0 Å². The Morgan fingerprint density at radius 2 is 1.64 bits per heavy atom. The molecule has 0 radical (unpaired) electrons. The first-order chi connectivity index (χ1) is 13.7. The molecule has 140 valence electrons. The van der Waals surface area contributed by atoms with Crippen LogP contribution in [0.3, 0.4) is 0 Å². The van der Waals surface area contributed by atoms with E-state index in [1.54, 1.807) is 0 Å². The van der Waals surface area contributed by atoms with Crippen LogP contribution in [-0.4, -0.2) is 15.3 Å². The highest BCUT2D eigenvalue weighted by atomic mass is 16.2. The molecule has 0 aliphatic rings. The number of imidazole rings is 1. The summed E-state index contributed by atoms with van der Waals surface area (Å²) in [6.45, 7) is 2.39. The first-order valence-corrected chi connectivity index (χ1v) is 9.45. The molecule has 0 fully saturated rings. The summed E-state index contributed by atoms with van der Waals surface area (Å²) in [6.07, 6.45) is 4.41. The molecule has 2 heterocycles. The lowest BCUT2D eigenvalue weighted by Gasteiger charge is -2.29. The summed E-state index contributed by atoms with van der Waals surface area (Å²) in [4.78, 5) is 17.8. The second-order valence-corrected chi connectivity index (χ2v) is 7.21. The van der Waals surface area contributed by atoms with Crippen LogP contribution in [0.1, 0.15) is 23.9 Å². The first-order valence-electron chi connectivity index (χ1n) is 9.45. The SMILES string of the molecule is CC(Cc1ccccc1)(C(=O)NCc1ncc2ccccn12)c1ccccc1. The standard InChI is InChI=1S/C24H23N3O/c1-24(20-12-6-3-7-13-20,16-19-10-4-2-5-11-19)23(28)26-18-22-25-17-21-14-8-9-15-27(21)22/h2-15,17H,16,18H2,1H3,(H,26,28). The van der Waals surface area contributed by atoms with Gasteiger partial charge in [0, 0.05) is 6.20 Å². The highest BCUT2D eigenvalue weighted by Gasteiger charge is 2.35. The average molecular weight is 369 g/mol. The largest absolute Gasteiger partial charge is 0.348 e. The fourth-order valence-electron chi connectivity index (χ4n) is 3.61. The number of carbonyl (C=O) groups excluding carboxylic acids is 1. The van der Waals surface area contributed by atoms with Crippen molar-refractivity contribution in [2.45, 2.75) is 25.3 Å². The number of amides is 1. The zero-order valence-electron chi connectivity index (χ0n) is 15.9. The van der Waals surface area contributed by atoms with E-state index in [1.165, 1.54) is 0 Å². The van der Waals surface area contributed by atoms with Crippen molar-refractivity contribution in [3.8, 4) is 0 Å². The molecule has 1 N–H and O–H groups in total. The number of pyridine rings is 1. The quantitative estimate of drug-likeness (QED) is 0.555. The van der Waals surface area contributed by atoms with Crippen molar-refractivity contribution in [2.24, 2.45) is 0 Å². The number of hydrogen-bond donors (Lipinski definition) is 1. The van der Waals surface area contributed by atoms with Crippen LogP contribution in [0.15, 0.2) is 91.3 Å². The van der Waals surface area contributed by atoms with Crippen LogP contribution in [0.5, 0.6) is 0 Å². The molecular weight excluding hydrogens is 346 g/mol. The molecule has 0 saturated heterocycles. The number of nitrogens with one attached hydrogen (secondary N) is 1. The van der Waals surface area contributed by atoms with Crippen molar-refractivity contribution >= 4 is 11.4 Å². The molecular formula is C24H23N3O. The molecule has 0 spiro atoms. The molecule has 0 aliphatic heterocycles. The summed E-state index contributed by atoms with van der Waals surface area (Å²) in [7, 11) is 0.